The van der Waals surface area contributed by atoms with Crippen molar-refractivity contribution in [2.75, 3.05) is 0 Å². The first-order chi connectivity index (χ1) is 7.79. The van der Waals surface area contributed by atoms with Gasteiger partial charge in [0.1, 0.15) is 6.17 Å². The van der Waals surface area contributed by atoms with Gasteiger partial charge in [-0.15, -0.1) is 4.39 Å². The monoisotopic (exact) mass is 211 g/mol. The first-order valence-electron chi connectivity index (χ1n) is 4.94. The van der Waals surface area contributed by atoms with Crippen molar-refractivity contribution in [3.63, 3.8) is 0 Å². The molecule has 0 spiro atoms. The summed E-state index contributed by atoms with van der Waals surface area (Å²) in [6, 6.07) is 11.4. The molecule has 1 aromatic heterocycles. The third kappa shape index (κ3) is 2.26. The van der Waals surface area contributed by atoms with Crippen LogP contribution in [0.5, 0.6) is 0 Å². The van der Waals surface area contributed by atoms with Gasteiger partial charge in [0, 0.05) is 23.0 Å². The van der Waals surface area contributed by atoms with E-state index in [0.717, 1.165) is 16.8 Å². The van der Waals surface area contributed by atoms with Gasteiger partial charge in [-0.25, -0.2) is 0 Å². The SMILES string of the molecule is Cc1ccc(-c2ccc(C#CF)cc2)cn1. The van der Waals surface area contributed by atoms with E-state index in [1.165, 1.54) is 6.17 Å². The summed E-state index contributed by atoms with van der Waals surface area (Å²) in [4.78, 5) is 4.23. The van der Waals surface area contributed by atoms with Gasteiger partial charge in [-0.2, -0.15) is 0 Å². The zero-order valence-electron chi connectivity index (χ0n) is 8.87. The lowest BCUT2D eigenvalue weighted by Crippen LogP contribution is -1.83. The van der Waals surface area contributed by atoms with Crippen LogP contribution in [0.1, 0.15) is 11.3 Å². The summed E-state index contributed by atoms with van der Waals surface area (Å²) in [6.45, 7) is 1.95. The van der Waals surface area contributed by atoms with E-state index in [4.69, 9.17) is 0 Å². The van der Waals surface area contributed by atoms with Gasteiger partial charge in [-0.05, 0) is 36.6 Å². The van der Waals surface area contributed by atoms with E-state index < -0.39 is 0 Å². The Kier molecular flexibility index (Phi) is 2.98. The molecule has 0 atom stereocenters. The minimum Gasteiger partial charge on any atom is -0.261 e. The molecule has 0 saturated carbocycles. The molecular weight excluding hydrogens is 201 g/mol. The molecule has 2 rings (SSSR count). The number of pyridine rings is 1. The molecule has 0 radical (unpaired) electrons. The number of aromatic nitrogens is 1. The average Bonchev–Trinajstić information content (AvgIpc) is 2.32. The van der Waals surface area contributed by atoms with Crippen molar-refractivity contribution in [3.05, 3.63) is 53.9 Å². The lowest BCUT2D eigenvalue weighted by atomic mass is 10.1. The molecule has 0 unspecified atom stereocenters. The molecule has 2 aromatic rings. The van der Waals surface area contributed by atoms with Crippen LogP contribution in [-0.2, 0) is 0 Å². The Morgan fingerprint density at radius 1 is 1.00 bits per heavy atom. The third-order valence-corrected chi connectivity index (χ3v) is 2.32. The van der Waals surface area contributed by atoms with E-state index in [-0.39, 0.29) is 0 Å². The van der Waals surface area contributed by atoms with Gasteiger partial charge in [-0.3, -0.25) is 4.98 Å². The Hall–Kier alpha value is -2.14. The van der Waals surface area contributed by atoms with E-state index in [9.17, 15) is 4.39 Å². The summed E-state index contributed by atoms with van der Waals surface area (Å²) in [5, 5.41) is 0. The lowest BCUT2D eigenvalue weighted by Gasteiger charge is -2.01. The molecule has 0 bridgehead atoms. The Bertz CT molecular complexity index is 530. The van der Waals surface area contributed by atoms with Gasteiger partial charge >= 0.3 is 0 Å². The van der Waals surface area contributed by atoms with Crippen molar-refractivity contribution in [2.45, 2.75) is 6.92 Å². The summed E-state index contributed by atoms with van der Waals surface area (Å²) in [5.74, 6) is 2.36. The predicted octanol–water partition coefficient (Wildman–Crippen LogP) is 3.34. The van der Waals surface area contributed by atoms with Crippen LogP contribution >= 0.6 is 0 Å². The smallest absolute Gasteiger partial charge is 0.111 e. The van der Waals surface area contributed by atoms with Crippen molar-refractivity contribution in [3.8, 4) is 23.2 Å². The first kappa shape index (κ1) is 10.4. The number of aryl methyl sites for hydroxylation is 1. The van der Waals surface area contributed by atoms with Gasteiger partial charge < -0.3 is 0 Å². The Morgan fingerprint density at radius 3 is 2.25 bits per heavy atom. The Morgan fingerprint density at radius 2 is 1.69 bits per heavy atom. The van der Waals surface area contributed by atoms with Crippen molar-refractivity contribution in [1.29, 1.82) is 0 Å². The van der Waals surface area contributed by atoms with Crippen LogP contribution in [0.25, 0.3) is 11.1 Å². The second-order valence-electron chi connectivity index (χ2n) is 3.49. The number of hydrogen-bond donors (Lipinski definition) is 0. The summed E-state index contributed by atoms with van der Waals surface area (Å²) in [6.07, 6.45) is 3.21. The van der Waals surface area contributed by atoms with E-state index in [1.54, 1.807) is 12.1 Å². The lowest BCUT2D eigenvalue weighted by molar-refractivity contribution is 0.774. The number of hydrogen-bond acceptors (Lipinski definition) is 1. The number of benzene rings is 1. The zero-order chi connectivity index (χ0) is 11.4. The van der Waals surface area contributed by atoms with Crippen LogP contribution in [0.2, 0.25) is 0 Å². The zero-order valence-corrected chi connectivity index (χ0v) is 8.87. The maximum Gasteiger partial charge on any atom is 0.111 e. The quantitative estimate of drug-likeness (QED) is 0.659. The molecule has 0 saturated heterocycles. The van der Waals surface area contributed by atoms with Crippen LogP contribution in [0.3, 0.4) is 0 Å². The molecule has 1 nitrogen and oxygen atoms in total. The molecule has 0 aliphatic rings. The van der Waals surface area contributed by atoms with Crippen LogP contribution in [-0.4, -0.2) is 4.98 Å². The summed E-state index contributed by atoms with van der Waals surface area (Å²) < 4.78 is 11.8. The second-order valence-corrected chi connectivity index (χ2v) is 3.49. The fraction of sp³-hybridized carbons (Fsp3) is 0.0714. The van der Waals surface area contributed by atoms with Crippen molar-refractivity contribution in [1.82, 2.24) is 4.98 Å². The number of rotatable bonds is 1. The molecule has 78 valence electrons. The van der Waals surface area contributed by atoms with Crippen molar-refractivity contribution in [2.24, 2.45) is 0 Å². The molecule has 0 fully saturated rings. The molecule has 1 aromatic carbocycles. The van der Waals surface area contributed by atoms with Crippen LogP contribution < -0.4 is 0 Å². The number of nitrogens with zero attached hydrogens (tertiary/aromatic N) is 1. The van der Waals surface area contributed by atoms with Gasteiger partial charge in [-0.1, -0.05) is 18.2 Å². The van der Waals surface area contributed by atoms with Crippen LogP contribution in [0, 0.1) is 19.0 Å². The molecule has 16 heavy (non-hydrogen) atoms. The molecule has 0 aliphatic carbocycles. The van der Waals surface area contributed by atoms with Gasteiger partial charge in [0.2, 0.25) is 0 Å². The van der Waals surface area contributed by atoms with E-state index >= 15 is 0 Å². The molecule has 0 amide bonds. The standard InChI is InChI=1S/C14H10FN/c1-11-2-5-14(10-16-11)13-6-3-12(4-7-13)8-9-15/h2-7,10H,1H3. The van der Waals surface area contributed by atoms with Crippen molar-refractivity contribution < 1.29 is 4.39 Å². The fourth-order valence-corrected chi connectivity index (χ4v) is 1.44. The highest BCUT2D eigenvalue weighted by Gasteiger charge is 1.97. The Balaban J connectivity index is 2.33. The molecular formula is C14H10FN. The van der Waals surface area contributed by atoms with Crippen molar-refractivity contribution >= 4 is 0 Å². The summed E-state index contributed by atoms with van der Waals surface area (Å²) >= 11 is 0. The largest absolute Gasteiger partial charge is 0.261 e. The van der Waals surface area contributed by atoms with E-state index in [1.807, 2.05) is 37.4 Å². The minimum atomic E-state index is 0.673. The highest BCUT2D eigenvalue weighted by atomic mass is 19.1. The van der Waals surface area contributed by atoms with Gasteiger partial charge in [0.25, 0.3) is 0 Å². The fourth-order valence-electron chi connectivity index (χ4n) is 1.44. The molecule has 1 heterocycles. The average molecular weight is 211 g/mol. The predicted molar refractivity (Wildman–Crippen MR) is 62.4 cm³/mol. The summed E-state index contributed by atoms with van der Waals surface area (Å²) in [7, 11) is 0. The first-order valence-corrected chi connectivity index (χ1v) is 4.94. The van der Waals surface area contributed by atoms with Crippen LogP contribution in [0.4, 0.5) is 4.39 Å². The highest BCUT2D eigenvalue weighted by molar-refractivity contribution is 5.63. The maximum absolute atomic E-state index is 11.8. The third-order valence-electron chi connectivity index (χ3n) is 2.32. The van der Waals surface area contributed by atoms with Crippen LogP contribution in [0.15, 0.2) is 42.6 Å². The minimum absolute atomic E-state index is 0.673. The van der Waals surface area contributed by atoms with Gasteiger partial charge in [0.05, 0.1) is 0 Å². The maximum atomic E-state index is 11.8. The van der Waals surface area contributed by atoms with Gasteiger partial charge in [0.15, 0.2) is 0 Å². The molecule has 0 aliphatic heterocycles. The number of halogens is 1. The van der Waals surface area contributed by atoms with E-state index in [0.29, 0.717) is 5.56 Å². The highest BCUT2D eigenvalue weighted by Crippen LogP contribution is 2.18. The second kappa shape index (κ2) is 4.59. The topological polar surface area (TPSA) is 12.9 Å². The molecule has 0 N–H and O–H groups in total. The molecule has 2 heteroatoms. The van der Waals surface area contributed by atoms with E-state index in [2.05, 4.69) is 10.9 Å². The summed E-state index contributed by atoms with van der Waals surface area (Å²) in [5.41, 5.74) is 3.76. The Labute approximate surface area is 94.0 Å². The normalized spacial score (nSPS) is 9.38.